The van der Waals surface area contributed by atoms with Crippen molar-refractivity contribution in [3.8, 4) is 0 Å². The molecule has 0 fully saturated rings. The monoisotopic (exact) mass is 310 g/mol. The van der Waals surface area contributed by atoms with E-state index in [2.05, 4.69) is 10.1 Å². The summed E-state index contributed by atoms with van der Waals surface area (Å²) in [6.07, 6.45) is 0.503. The zero-order valence-corrected chi connectivity index (χ0v) is 13.6. The molecule has 2 rings (SSSR count). The lowest BCUT2D eigenvalue weighted by Gasteiger charge is -2.13. The molecule has 0 radical (unpaired) electrons. The maximum atomic E-state index is 11.3. The fourth-order valence-electron chi connectivity index (χ4n) is 2.08. The topological polar surface area (TPSA) is 73.3 Å². The highest BCUT2D eigenvalue weighted by atomic mass is 35.5. The van der Waals surface area contributed by atoms with E-state index in [-0.39, 0.29) is 22.2 Å². The van der Waals surface area contributed by atoms with Gasteiger partial charge in [-0.1, -0.05) is 46.2 Å². The summed E-state index contributed by atoms with van der Waals surface area (Å²) in [6.45, 7) is 10.0. The molecule has 0 aliphatic carbocycles. The van der Waals surface area contributed by atoms with Gasteiger partial charge in [0, 0.05) is 11.5 Å². The van der Waals surface area contributed by atoms with E-state index in [0.717, 1.165) is 5.69 Å². The molecule has 114 valence electrons. The van der Waals surface area contributed by atoms with Crippen molar-refractivity contribution in [2.24, 2.45) is 5.92 Å². The largest absolute Gasteiger partial charge is 0.327 e. The molecule has 6 nitrogen and oxygen atoms in total. The summed E-state index contributed by atoms with van der Waals surface area (Å²) < 4.78 is 1.35. The molecular weight excluding hydrogens is 292 g/mol. The summed E-state index contributed by atoms with van der Waals surface area (Å²) >= 11 is 6.21. The molecule has 2 aromatic heterocycles. The maximum absolute atomic E-state index is 11.3. The van der Waals surface area contributed by atoms with Crippen LogP contribution in [0, 0.1) is 16.0 Å². The molecule has 2 heterocycles. The summed E-state index contributed by atoms with van der Waals surface area (Å²) in [4.78, 5) is 15.2. The van der Waals surface area contributed by atoms with Crippen molar-refractivity contribution in [3.05, 3.63) is 32.7 Å². The second-order valence-corrected chi connectivity index (χ2v) is 6.96. The molecule has 2 aromatic rings. The van der Waals surface area contributed by atoms with Crippen LogP contribution in [-0.4, -0.2) is 19.5 Å². The van der Waals surface area contributed by atoms with E-state index in [4.69, 9.17) is 11.6 Å². The first-order valence-electron chi connectivity index (χ1n) is 6.84. The SMILES string of the molecule is CC(C)Cc1nc2cc(C(C)(C)C)nn2c(Cl)c1[N+](=O)[O-]. The van der Waals surface area contributed by atoms with Crippen LogP contribution in [0.2, 0.25) is 5.15 Å². The molecule has 21 heavy (non-hydrogen) atoms. The maximum Gasteiger partial charge on any atom is 0.327 e. The number of hydrogen-bond acceptors (Lipinski definition) is 4. The Morgan fingerprint density at radius 1 is 1.43 bits per heavy atom. The fourth-order valence-corrected chi connectivity index (χ4v) is 2.38. The van der Waals surface area contributed by atoms with Gasteiger partial charge in [0.1, 0.15) is 5.69 Å². The predicted octanol–water partition coefficient (Wildman–Crippen LogP) is 3.79. The molecule has 0 spiro atoms. The average molecular weight is 311 g/mol. The second-order valence-electron chi connectivity index (χ2n) is 6.60. The molecule has 0 bridgehead atoms. The molecule has 0 saturated heterocycles. The van der Waals surface area contributed by atoms with Crippen molar-refractivity contribution in [1.29, 1.82) is 0 Å². The smallest absolute Gasteiger partial charge is 0.258 e. The molecule has 7 heteroatoms. The first-order valence-corrected chi connectivity index (χ1v) is 7.22. The summed E-state index contributed by atoms with van der Waals surface area (Å²) in [5.74, 6) is 0.250. The average Bonchev–Trinajstić information content (AvgIpc) is 2.71. The Morgan fingerprint density at radius 2 is 2.05 bits per heavy atom. The second kappa shape index (κ2) is 5.26. The standard InChI is InChI=1S/C14H19ClN4O2/c1-8(2)6-9-12(19(20)21)13(15)18-11(16-9)7-10(17-18)14(3,4)5/h7-8H,6H2,1-5H3. The van der Waals surface area contributed by atoms with Crippen LogP contribution in [-0.2, 0) is 11.8 Å². The number of fused-ring (bicyclic) bond motifs is 1. The lowest BCUT2D eigenvalue weighted by atomic mass is 9.93. The number of nitro groups is 1. The van der Waals surface area contributed by atoms with E-state index in [1.165, 1.54) is 4.52 Å². The normalized spacial score (nSPS) is 12.3. The van der Waals surface area contributed by atoms with Crippen molar-refractivity contribution in [2.75, 3.05) is 0 Å². The first kappa shape index (κ1) is 15.7. The van der Waals surface area contributed by atoms with Crippen LogP contribution in [0.3, 0.4) is 0 Å². The first-order chi connectivity index (χ1) is 9.61. The van der Waals surface area contributed by atoms with Crippen molar-refractivity contribution in [1.82, 2.24) is 14.6 Å². The lowest BCUT2D eigenvalue weighted by Crippen LogP contribution is -2.12. The van der Waals surface area contributed by atoms with Crippen LogP contribution < -0.4 is 0 Å². The van der Waals surface area contributed by atoms with Gasteiger partial charge < -0.3 is 0 Å². The van der Waals surface area contributed by atoms with Gasteiger partial charge in [-0.15, -0.1) is 0 Å². The Balaban J connectivity index is 2.74. The van der Waals surface area contributed by atoms with Gasteiger partial charge >= 0.3 is 5.69 Å². The third-order valence-electron chi connectivity index (χ3n) is 3.15. The van der Waals surface area contributed by atoms with Crippen molar-refractivity contribution in [3.63, 3.8) is 0 Å². The quantitative estimate of drug-likeness (QED) is 0.491. The van der Waals surface area contributed by atoms with Gasteiger partial charge in [0.15, 0.2) is 5.65 Å². The van der Waals surface area contributed by atoms with E-state index in [0.29, 0.717) is 17.8 Å². The van der Waals surface area contributed by atoms with E-state index in [1.807, 2.05) is 40.7 Å². The molecule has 0 aromatic carbocycles. The Labute approximate surface area is 128 Å². The van der Waals surface area contributed by atoms with Gasteiger partial charge in [0.05, 0.1) is 10.6 Å². The fraction of sp³-hybridized carbons (Fsp3) is 0.571. The lowest BCUT2D eigenvalue weighted by molar-refractivity contribution is -0.386. The molecule has 0 N–H and O–H groups in total. The highest BCUT2D eigenvalue weighted by Crippen LogP contribution is 2.31. The minimum Gasteiger partial charge on any atom is -0.258 e. The van der Waals surface area contributed by atoms with E-state index in [1.54, 1.807) is 0 Å². The number of aromatic nitrogens is 3. The zero-order valence-electron chi connectivity index (χ0n) is 12.8. The van der Waals surface area contributed by atoms with E-state index >= 15 is 0 Å². The molecular formula is C14H19ClN4O2. The molecule has 0 unspecified atom stereocenters. The van der Waals surface area contributed by atoms with Crippen LogP contribution >= 0.6 is 11.6 Å². The summed E-state index contributed by atoms with van der Waals surface area (Å²) in [5, 5.41) is 15.7. The molecule has 0 atom stereocenters. The third-order valence-corrected chi connectivity index (χ3v) is 3.49. The molecule has 0 aliphatic rings. The van der Waals surface area contributed by atoms with Gasteiger partial charge in [-0.3, -0.25) is 10.1 Å². The van der Waals surface area contributed by atoms with Gasteiger partial charge in [-0.25, -0.2) is 4.98 Å². The minimum atomic E-state index is -0.481. The van der Waals surface area contributed by atoms with Crippen LogP contribution in [0.5, 0.6) is 0 Å². The Morgan fingerprint density at radius 3 is 2.52 bits per heavy atom. The molecule has 0 amide bonds. The highest BCUT2D eigenvalue weighted by molar-refractivity contribution is 6.31. The van der Waals surface area contributed by atoms with Crippen LogP contribution in [0.1, 0.15) is 46.0 Å². The van der Waals surface area contributed by atoms with Crippen LogP contribution in [0.15, 0.2) is 6.07 Å². The number of hydrogen-bond donors (Lipinski definition) is 0. The number of halogens is 1. The Bertz CT molecular complexity index is 701. The van der Waals surface area contributed by atoms with Gasteiger partial charge in [-0.05, 0) is 12.3 Å². The van der Waals surface area contributed by atoms with E-state index < -0.39 is 4.92 Å². The Hall–Kier alpha value is -1.69. The summed E-state index contributed by atoms with van der Waals surface area (Å²) in [5.41, 5.74) is 1.43. The van der Waals surface area contributed by atoms with Crippen LogP contribution in [0.25, 0.3) is 5.65 Å². The number of rotatable bonds is 3. The summed E-state index contributed by atoms with van der Waals surface area (Å²) in [7, 11) is 0. The Kier molecular flexibility index (Phi) is 3.93. The third kappa shape index (κ3) is 3.00. The van der Waals surface area contributed by atoms with E-state index in [9.17, 15) is 10.1 Å². The predicted molar refractivity (Wildman–Crippen MR) is 81.9 cm³/mol. The zero-order chi connectivity index (χ0) is 15.9. The van der Waals surface area contributed by atoms with Crippen molar-refractivity contribution < 1.29 is 4.92 Å². The minimum absolute atomic E-state index is 0.0103. The van der Waals surface area contributed by atoms with Crippen LogP contribution in [0.4, 0.5) is 5.69 Å². The van der Waals surface area contributed by atoms with Crippen molar-refractivity contribution in [2.45, 2.75) is 46.5 Å². The highest BCUT2D eigenvalue weighted by Gasteiger charge is 2.27. The molecule has 0 aliphatic heterocycles. The van der Waals surface area contributed by atoms with Gasteiger partial charge in [0.2, 0.25) is 5.15 Å². The molecule has 0 saturated carbocycles. The van der Waals surface area contributed by atoms with Gasteiger partial charge in [-0.2, -0.15) is 9.61 Å². The van der Waals surface area contributed by atoms with Gasteiger partial charge in [0.25, 0.3) is 0 Å². The summed E-state index contributed by atoms with van der Waals surface area (Å²) in [6, 6.07) is 1.83. The number of nitrogens with zero attached hydrogens (tertiary/aromatic N) is 4. The van der Waals surface area contributed by atoms with Crippen molar-refractivity contribution >= 4 is 22.9 Å².